The number of ether oxygens (including phenoxy) is 3. The Bertz CT molecular complexity index is 514. The van der Waals surface area contributed by atoms with Crippen LogP contribution in [0.4, 0.5) is 9.59 Å². The van der Waals surface area contributed by atoms with Crippen molar-refractivity contribution in [3.63, 3.8) is 0 Å². The molecule has 8 heteroatoms. The van der Waals surface area contributed by atoms with Gasteiger partial charge in [-0.15, -0.1) is 0 Å². The molecule has 2 amide bonds. The Labute approximate surface area is 148 Å². The fraction of sp³-hybridized carbons (Fsp3) is 0.706. The van der Waals surface area contributed by atoms with Gasteiger partial charge in [-0.3, -0.25) is 4.90 Å². The van der Waals surface area contributed by atoms with Gasteiger partial charge < -0.3 is 19.1 Å². The summed E-state index contributed by atoms with van der Waals surface area (Å²) >= 11 is 0. The van der Waals surface area contributed by atoms with Crippen molar-refractivity contribution in [2.24, 2.45) is 0 Å². The number of nitrogens with zero attached hydrogens (tertiary/aromatic N) is 2. The van der Waals surface area contributed by atoms with Crippen molar-refractivity contribution in [1.82, 2.24) is 9.80 Å². The van der Waals surface area contributed by atoms with Crippen LogP contribution in [0, 0.1) is 0 Å². The van der Waals surface area contributed by atoms with Crippen LogP contribution in [-0.4, -0.2) is 72.4 Å². The molecule has 2 atom stereocenters. The second-order valence-electron chi connectivity index (χ2n) is 6.71. The highest BCUT2D eigenvalue weighted by Gasteiger charge is 2.44. The standard InChI is InChI=1S/C17H28N2O6/c1-7-9-24-15(21)19-11-12(10-13(19)14(20)23-6)18(8-2)16(22)25-17(3,4)5/h7,12-13H,1,8-11H2,2-6H3/t12-,13+/m1/s1. The molecule has 0 bridgehead atoms. The molecule has 142 valence electrons. The zero-order valence-electron chi connectivity index (χ0n) is 15.6. The Balaban J connectivity index is 2.93. The smallest absolute Gasteiger partial charge is 0.410 e. The van der Waals surface area contributed by atoms with E-state index >= 15 is 0 Å². The third kappa shape index (κ3) is 5.65. The quantitative estimate of drug-likeness (QED) is 0.426. The van der Waals surface area contributed by atoms with E-state index in [0.29, 0.717) is 6.54 Å². The maximum Gasteiger partial charge on any atom is 0.410 e. The Kier molecular flexibility index (Phi) is 7.26. The number of carbonyl (C=O) groups is 3. The Hall–Kier alpha value is -2.25. The number of hydrogen-bond donors (Lipinski definition) is 0. The fourth-order valence-electron chi connectivity index (χ4n) is 2.67. The van der Waals surface area contributed by atoms with Crippen molar-refractivity contribution in [3.8, 4) is 0 Å². The summed E-state index contributed by atoms with van der Waals surface area (Å²) < 4.78 is 15.2. The molecule has 0 unspecified atom stereocenters. The number of esters is 1. The van der Waals surface area contributed by atoms with E-state index in [0.717, 1.165) is 0 Å². The molecule has 1 aliphatic rings. The topological polar surface area (TPSA) is 85.4 Å². The number of amides is 2. The molecule has 0 aromatic heterocycles. The van der Waals surface area contributed by atoms with Gasteiger partial charge >= 0.3 is 18.2 Å². The summed E-state index contributed by atoms with van der Waals surface area (Å²) in [6, 6.07) is -1.16. The molecule has 1 aliphatic heterocycles. The number of rotatable bonds is 5. The SMILES string of the molecule is C=CCOC(=O)N1C[C@H](N(CC)C(=O)OC(C)(C)C)C[C@H]1C(=O)OC. The van der Waals surface area contributed by atoms with Gasteiger partial charge in [-0.25, -0.2) is 14.4 Å². The first-order valence-corrected chi connectivity index (χ1v) is 8.26. The van der Waals surface area contributed by atoms with Crippen LogP contribution in [0.25, 0.3) is 0 Å². The predicted molar refractivity (Wildman–Crippen MR) is 91.1 cm³/mol. The van der Waals surface area contributed by atoms with Gasteiger partial charge in [0.2, 0.25) is 0 Å². The maximum atomic E-state index is 12.4. The van der Waals surface area contributed by atoms with Crippen LogP contribution in [0.3, 0.4) is 0 Å². The van der Waals surface area contributed by atoms with Crippen LogP contribution in [0.5, 0.6) is 0 Å². The lowest BCUT2D eigenvalue weighted by atomic mass is 10.1. The highest BCUT2D eigenvalue weighted by molar-refractivity contribution is 5.82. The van der Waals surface area contributed by atoms with Gasteiger partial charge in [0.25, 0.3) is 0 Å². The normalized spacial score (nSPS) is 20.0. The number of likely N-dealkylation sites (tertiary alicyclic amines) is 1. The minimum absolute atomic E-state index is 0.0391. The predicted octanol–water partition coefficient (Wildman–Crippen LogP) is 2.18. The van der Waals surface area contributed by atoms with Gasteiger partial charge in [-0.05, 0) is 27.7 Å². The van der Waals surface area contributed by atoms with E-state index in [2.05, 4.69) is 6.58 Å². The summed E-state index contributed by atoms with van der Waals surface area (Å²) in [4.78, 5) is 39.4. The molecular formula is C17H28N2O6. The zero-order chi connectivity index (χ0) is 19.2. The van der Waals surface area contributed by atoms with Gasteiger partial charge in [0.15, 0.2) is 0 Å². The molecule has 0 spiro atoms. The number of likely N-dealkylation sites (N-methyl/N-ethyl adjacent to an activating group) is 1. The zero-order valence-corrected chi connectivity index (χ0v) is 15.6. The van der Waals surface area contributed by atoms with Crippen molar-refractivity contribution < 1.29 is 28.6 Å². The molecule has 1 rings (SSSR count). The first-order valence-electron chi connectivity index (χ1n) is 8.26. The third-order valence-electron chi connectivity index (χ3n) is 3.72. The van der Waals surface area contributed by atoms with Gasteiger partial charge in [0, 0.05) is 19.5 Å². The van der Waals surface area contributed by atoms with Crippen molar-refractivity contribution in [2.75, 3.05) is 26.8 Å². The van der Waals surface area contributed by atoms with E-state index in [1.165, 1.54) is 23.0 Å². The van der Waals surface area contributed by atoms with E-state index in [1.807, 2.05) is 6.92 Å². The minimum Gasteiger partial charge on any atom is -0.467 e. The molecule has 0 N–H and O–H groups in total. The molecule has 0 radical (unpaired) electrons. The summed E-state index contributed by atoms with van der Waals surface area (Å²) in [5.41, 5.74) is -0.632. The fourth-order valence-corrected chi connectivity index (χ4v) is 2.67. The van der Waals surface area contributed by atoms with Gasteiger partial charge in [-0.2, -0.15) is 0 Å². The second-order valence-corrected chi connectivity index (χ2v) is 6.71. The molecule has 0 saturated carbocycles. The van der Waals surface area contributed by atoms with Crippen LogP contribution in [0.15, 0.2) is 12.7 Å². The lowest BCUT2D eigenvalue weighted by Crippen LogP contribution is -2.45. The highest BCUT2D eigenvalue weighted by Crippen LogP contribution is 2.25. The van der Waals surface area contributed by atoms with Crippen LogP contribution < -0.4 is 0 Å². The van der Waals surface area contributed by atoms with Crippen molar-refractivity contribution in [2.45, 2.75) is 51.8 Å². The molecule has 0 aromatic rings. The van der Waals surface area contributed by atoms with Crippen molar-refractivity contribution >= 4 is 18.2 Å². The molecule has 1 heterocycles. The molecule has 0 aliphatic carbocycles. The Morgan fingerprint density at radius 1 is 1.32 bits per heavy atom. The first kappa shape index (κ1) is 20.8. The highest BCUT2D eigenvalue weighted by atomic mass is 16.6. The summed E-state index contributed by atoms with van der Waals surface area (Å²) in [6.07, 6.45) is 0.587. The van der Waals surface area contributed by atoms with E-state index in [4.69, 9.17) is 14.2 Å². The van der Waals surface area contributed by atoms with Gasteiger partial charge in [-0.1, -0.05) is 12.7 Å². The monoisotopic (exact) mass is 356 g/mol. The number of methoxy groups -OCH3 is 1. The number of hydrogen-bond acceptors (Lipinski definition) is 6. The Morgan fingerprint density at radius 3 is 2.44 bits per heavy atom. The largest absolute Gasteiger partial charge is 0.467 e. The van der Waals surface area contributed by atoms with Crippen LogP contribution in [0.2, 0.25) is 0 Å². The average molecular weight is 356 g/mol. The minimum atomic E-state index is -0.802. The second kappa shape index (κ2) is 8.73. The van der Waals surface area contributed by atoms with Crippen LogP contribution in [-0.2, 0) is 19.0 Å². The molecular weight excluding hydrogens is 328 g/mol. The van der Waals surface area contributed by atoms with Gasteiger partial charge in [0.05, 0.1) is 13.2 Å². The van der Waals surface area contributed by atoms with Crippen molar-refractivity contribution in [3.05, 3.63) is 12.7 Å². The molecule has 0 aromatic carbocycles. The summed E-state index contributed by atoms with van der Waals surface area (Å²) in [5, 5.41) is 0. The Morgan fingerprint density at radius 2 is 1.96 bits per heavy atom. The average Bonchev–Trinajstić information content (AvgIpc) is 2.95. The van der Waals surface area contributed by atoms with E-state index in [9.17, 15) is 14.4 Å². The summed E-state index contributed by atoms with van der Waals surface area (Å²) in [7, 11) is 1.26. The summed E-state index contributed by atoms with van der Waals surface area (Å²) in [5.74, 6) is -0.543. The lowest BCUT2D eigenvalue weighted by Gasteiger charge is -2.30. The third-order valence-corrected chi connectivity index (χ3v) is 3.72. The van der Waals surface area contributed by atoms with Crippen LogP contribution >= 0.6 is 0 Å². The molecule has 1 fully saturated rings. The first-order chi connectivity index (χ1) is 11.6. The maximum absolute atomic E-state index is 12.4. The van der Waals surface area contributed by atoms with E-state index < -0.39 is 29.8 Å². The lowest BCUT2D eigenvalue weighted by molar-refractivity contribution is -0.145. The number of carbonyl (C=O) groups excluding carboxylic acids is 3. The van der Waals surface area contributed by atoms with E-state index in [-0.39, 0.29) is 25.6 Å². The molecule has 1 saturated heterocycles. The molecule has 8 nitrogen and oxygen atoms in total. The van der Waals surface area contributed by atoms with Crippen LogP contribution in [0.1, 0.15) is 34.1 Å². The molecule has 25 heavy (non-hydrogen) atoms. The van der Waals surface area contributed by atoms with Gasteiger partial charge in [0.1, 0.15) is 18.2 Å². The summed E-state index contributed by atoms with van der Waals surface area (Å²) in [6.45, 7) is 11.2. The van der Waals surface area contributed by atoms with Crippen molar-refractivity contribution in [1.29, 1.82) is 0 Å². The van der Waals surface area contributed by atoms with E-state index in [1.54, 1.807) is 20.8 Å².